The van der Waals surface area contributed by atoms with E-state index in [2.05, 4.69) is 52.7 Å². The molecule has 0 bridgehead atoms. The summed E-state index contributed by atoms with van der Waals surface area (Å²) in [5.74, 6) is -1.36. The zero-order valence-electron chi connectivity index (χ0n) is 23.5. The van der Waals surface area contributed by atoms with Crippen LogP contribution in [-0.2, 0) is 28.8 Å². The fourth-order valence-corrected chi connectivity index (χ4v) is 6.37. The number of hydrogen-bond acceptors (Lipinski definition) is 6. The number of amides is 1. The van der Waals surface area contributed by atoms with E-state index >= 15 is 0 Å². The van der Waals surface area contributed by atoms with Crippen LogP contribution in [0.4, 0.5) is 0 Å². The number of carbonyl (C=O) groups is 1. The Morgan fingerprint density at radius 1 is 1.06 bits per heavy atom. The second-order valence-electron chi connectivity index (χ2n) is 13.3. The summed E-state index contributed by atoms with van der Waals surface area (Å²) in [5, 5.41) is 3.11. The summed E-state index contributed by atoms with van der Waals surface area (Å²) in [5.41, 5.74) is 0.0323. The lowest BCUT2D eigenvalue weighted by molar-refractivity contribution is -0.370. The van der Waals surface area contributed by atoms with Crippen molar-refractivity contribution in [2.75, 3.05) is 19.8 Å². The molecule has 204 valence electrons. The highest BCUT2D eigenvalue weighted by Crippen LogP contribution is 2.53. The molecular weight excluding hydrogens is 462 g/mol. The Bertz CT molecular complexity index is 700. The first kappa shape index (κ1) is 29.0. The molecule has 3 rings (SSSR count). The van der Waals surface area contributed by atoms with Crippen LogP contribution in [0.1, 0.15) is 86.0 Å². The third-order valence-corrected chi connectivity index (χ3v) is 9.62. The van der Waals surface area contributed by atoms with Crippen LogP contribution in [0.5, 0.6) is 0 Å². The van der Waals surface area contributed by atoms with Gasteiger partial charge in [-0.15, -0.1) is 0 Å². The fourth-order valence-electron chi connectivity index (χ4n) is 5.50. The van der Waals surface area contributed by atoms with E-state index in [0.717, 1.165) is 51.5 Å². The third kappa shape index (κ3) is 7.29. The topological polar surface area (TPSA) is 75.3 Å². The lowest BCUT2D eigenvalue weighted by Crippen LogP contribution is -2.55. The van der Waals surface area contributed by atoms with Gasteiger partial charge in [-0.2, -0.15) is 4.89 Å². The summed E-state index contributed by atoms with van der Waals surface area (Å²) >= 11 is 0. The minimum Gasteiger partial charge on any atom is -0.356 e. The normalized spacial score (nSPS) is 34.7. The molecule has 0 aromatic carbocycles. The number of hydrogen-bond donors (Lipinski definition) is 1. The average molecular weight is 514 g/mol. The summed E-state index contributed by atoms with van der Waals surface area (Å²) in [6.45, 7) is 19.6. The minimum atomic E-state index is -1.79. The van der Waals surface area contributed by atoms with Crippen LogP contribution in [0.25, 0.3) is 0 Å². The van der Waals surface area contributed by atoms with Crippen LogP contribution in [0.3, 0.4) is 0 Å². The summed E-state index contributed by atoms with van der Waals surface area (Å²) < 4.78 is 19.1. The lowest BCUT2D eigenvalue weighted by Gasteiger charge is -2.48. The highest BCUT2D eigenvalue weighted by atomic mass is 28.3. The smallest absolute Gasteiger partial charge is 0.220 e. The Labute approximate surface area is 214 Å². The van der Waals surface area contributed by atoms with Gasteiger partial charge in [-0.1, -0.05) is 60.2 Å². The van der Waals surface area contributed by atoms with E-state index in [-0.39, 0.29) is 29.1 Å². The summed E-state index contributed by atoms with van der Waals surface area (Å²) in [4.78, 5) is 25.0. The van der Waals surface area contributed by atoms with Gasteiger partial charge in [0.15, 0.2) is 11.7 Å². The van der Waals surface area contributed by atoms with Crippen molar-refractivity contribution >= 4 is 14.0 Å². The van der Waals surface area contributed by atoms with Gasteiger partial charge in [0, 0.05) is 36.6 Å². The molecule has 35 heavy (non-hydrogen) atoms. The van der Waals surface area contributed by atoms with E-state index in [1.807, 2.05) is 6.92 Å². The van der Waals surface area contributed by atoms with Gasteiger partial charge in [0.25, 0.3) is 0 Å². The van der Waals surface area contributed by atoms with E-state index in [1.165, 1.54) is 0 Å². The van der Waals surface area contributed by atoms with Crippen LogP contribution in [-0.4, -0.2) is 51.2 Å². The van der Waals surface area contributed by atoms with Crippen molar-refractivity contribution in [3.63, 3.8) is 0 Å². The van der Waals surface area contributed by atoms with Crippen molar-refractivity contribution in [1.82, 2.24) is 5.32 Å². The quantitative estimate of drug-likeness (QED) is 0.226. The molecule has 1 spiro atoms. The van der Waals surface area contributed by atoms with Gasteiger partial charge in [0.05, 0.1) is 13.2 Å². The van der Waals surface area contributed by atoms with Crippen molar-refractivity contribution < 1.29 is 28.8 Å². The molecule has 5 atom stereocenters. The maximum atomic E-state index is 12.9. The molecule has 8 heteroatoms. The van der Waals surface area contributed by atoms with Crippen LogP contribution >= 0.6 is 0 Å². The van der Waals surface area contributed by atoms with Crippen molar-refractivity contribution in [2.45, 2.75) is 123 Å². The van der Waals surface area contributed by atoms with Gasteiger partial charge in [0.1, 0.15) is 8.07 Å². The Balaban J connectivity index is 1.75. The molecule has 2 aliphatic heterocycles. The number of carbonyl (C=O) groups excluding carboxylic acids is 1. The van der Waals surface area contributed by atoms with Gasteiger partial charge in [-0.3, -0.25) is 4.79 Å². The molecule has 2 heterocycles. The van der Waals surface area contributed by atoms with Crippen LogP contribution in [0.2, 0.25) is 19.6 Å². The number of unbranched alkanes of at least 4 members (excludes halogenated alkanes) is 2. The van der Waals surface area contributed by atoms with E-state index in [4.69, 9.17) is 24.0 Å². The molecule has 1 N–H and O–H groups in total. The maximum Gasteiger partial charge on any atom is 0.220 e. The van der Waals surface area contributed by atoms with Gasteiger partial charge >= 0.3 is 0 Å². The number of nitrogens with one attached hydrogen (secondary N) is 1. The monoisotopic (exact) mass is 513 g/mol. The zero-order chi connectivity index (χ0) is 25.9. The Kier molecular flexibility index (Phi) is 9.53. The van der Waals surface area contributed by atoms with Crippen molar-refractivity contribution in [3.8, 4) is 0 Å². The molecule has 1 saturated carbocycles. The van der Waals surface area contributed by atoms with Crippen molar-refractivity contribution in [3.05, 3.63) is 0 Å². The first-order valence-electron chi connectivity index (χ1n) is 13.9. The van der Waals surface area contributed by atoms with E-state index < -0.39 is 19.6 Å². The van der Waals surface area contributed by atoms with Crippen LogP contribution in [0, 0.1) is 23.2 Å². The van der Waals surface area contributed by atoms with Crippen molar-refractivity contribution in [1.29, 1.82) is 0 Å². The van der Waals surface area contributed by atoms with Gasteiger partial charge < -0.3 is 19.5 Å². The van der Waals surface area contributed by atoms with E-state index in [0.29, 0.717) is 25.6 Å². The molecule has 0 radical (unpaired) electrons. The predicted molar refractivity (Wildman–Crippen MR) is 139 cm³/mol. The third-order valence-electron chi connectivity index (χ3n) is 7.99. The second kappa shape index (κ2) is 11.5. The molecule has 3 unspecified atom stereocenters. The zero-order valence-corrected chi connectivity index (χ0v) is 24.5. The molecule has 3 fully saturated rings. The molecular formula is C27H51NO6Si. The maximum absolute atomic E-state index is 12.9. The van der Waals surface area contributed by atoms with Gasteiger partial charge in [0.2, 0.25) is 11.7 Å². The SMILES string of the molecule is CCCCCNC(=O)CC1CC[C@@H](C)[C@H](CCC2(C)OCC(C)(C)CO2)C12OOC([Si](C)(C)C)O2. The van der Waals surface area contributed by atoms with Crippen LogP contribution < -0.4 is 5.32 Å². The molecule has 0 aromatic rings. The Morgan fingerprint density at radius 3 is 2.34 bits per heavy atom. The largest absolute Gasteiger partial charge is 0.356 e. The summed E-state index contributed by atoms with van der Waals surface area (Å²) in [7, 11) is -1.79. The number of ether oxygens (including phenoxy) is 3. The highest BCUT2D eigenvalue weighted by molar-refractivity contribution is 6.77. The van der Waals surface area contributed by atoms with Crippen molar-refractivity contribution in [2.24, 2.45) is 23.2 Å². The minimum absolute atomic E-state index is 0.0323. The number of rotatable bonds is 10. The molecule has 0 aromatic heterocycles. The molecule has 2 saturated heterocycles. The standard InChI is InChI=1S/C27H51NO6Si/c1-9-10-11-16-28-23(29)17-21-13-12-20(2)22(27(21)32-24(33-34-27)35(6,7)8)14-15-26(5)30-18-25(3,4)19-31-26/h20-22,24H,9-19H2,1-8H3,(H,28,29)/t20-,21?,22+,24?,27?/m1/s1. The van der Waals surface area contributed by atoms with Gasteiger partial charge in [-0.25, -0.2) is 4.89 Å². The summed E-state index contributed by atoms with van der Waals surface area (Å²) in [6.07, 6.45) is 7.19. The molecule has 3 aliphatic rings. The first-order chi connectivity index (χ1) is 16.3. The lowest BCUT2D eigenvalue weighted by atomic mass is 9.67. The molecule has 1 amide bonds. The molecule has 7 nitrogen and oxygen atoms in total. The van der Waals surface area contributed by atoms with E-state index in [9.17, 15) is 4.79 Å². The fraction of sp³-hybridized carbons (Fsp3) is 0.963. The second-order valence-corrected chi connectivity index (χ2v) is 18.5. The first-order valence-corrected chi connectivity index (χ1v) is 17.4. The Morgan fingerprint density at radius 2 is 1.74 bits per heavy atom. The highest BCUT2D eigenvalue weighted by Gasteiger charge is 2.60. The average Bonchev–Trinajstić information content (AvgIpc) is 3.22. The summed E-state index contributed by atoms with van der Waals surface area (Å²) in [6, 6.07) is 0. The van der Waals surface area contributed by atoms with Gasteiger partial charge in [-0.05, 0) is 38.5 Å². The van der Waals surface area contributed by atoms with Crippen LogP contribution in [0.15, 0.2) is 0 Å². The van der Waals surface area contributed by atoms with E-state index in [1.54, 1.807) is 0 Å². The Hall–Kier alpha value is -0.513. The molecule has 1 aliphatic carbocycles. The predicted octanol–water partition coefficient (Wildman–Crippen LogP) is 5.79.